The van der Waals surface area contributed by atoms with Gasteiger partial charge >= 0.3 is 66.1 Å². The number of nitrogens with zero attached hydrogens (tertiary/aromatic N) is 9. The van der Waals surface area contributed by atoms with Gasteiger partial charge in [-0.25, -0.2) is 9.97 Å². The van der Waals surface area contributed by atoms with E-state index in [1.807, 2.05) is 0 Å². The summed E-state index contributed by atoms with van der Waals surface area (Å²) in [5.74, 6) is -11.2. The average Bonchev–Trinajstić information content (AvgIpc) is 3.94. The Morgan fingerprint density at radius 2 is 1.08 bits per heavy atom. The number of aliphatic hydroxyl groups is 2. The smallest absolute Gasteiger partial charge is 1.00 e. The zero-order valence-electron chi connectivity index (χ0n) is 33.4. The Kier molecular flexibility index (Phi) is 16.5. The fourth-order valence-electron chi connectivity index (χ4n) is 5.44. The van der Waals surface area contributed by atoms with Gasteiger partial charge in [0.15, 0.2) is 11.4 Å². The van der Waals surface area contributed by atoms with E-state index < -0.39 is 113 Å². The Balaban J connectivity index is 0.000000403. The van der Waals surface area contributed by atoms with Crippen molar-refractivity contribution in [3.63, 3.8) is 0 Å². The van der Waals surface area contributed by atoms with Gasteiger partial charge in [0.05, 0.1) is 36.7 Å². The molecule has 0 aliphatic heterocycles. The third-order valence-electron chi connectivity index (χ3n) is 8.17. The van der Waals surface area contributed by atoms with E-state index in [0.29, 0.717) is 41.5 Å². The summed E-state index contributed by atoms with van der Waals surface area (Å²) in [7, 11) is 0. The first-order chi connectivity index (χ1) is 28.8. The number of alkyl halides is 17. The van der Waals surface area contributed by atoms with Crippen molar-refractivity contribution in [3.05, 3.63) is 80.7 Å². The number of fused-ring (bicyclic) bond motifs is 2. The number of hydrogen-bond acceptors (Lipinski definition) is 8. The van der Waals surface area contributed by atoms with E-state index in [-0.39, 0.29) is 53.5 Å². The summed E-state index contributed by atoms with van der Waals surface area (Å²) in [5, 5.41) is 24.1. The van der Waals surface area contributed by atoms with E-state index in [9.17, 15) is 79.8 Å². The molecule has 3 N–H and O–H groups in total. The molecule has 350 valence electrons. The molecule has 0 radical (unpaired) electrons. The minimum absolute atomic E-state index is 0. The third kappa shape index (κ3) is 11.7. The zero-order valence-corrected chi connectivity index (χ0v) is 36.0. The van der Waals surface area contributed by atoms with Crippen LogP contribution >= 0.6 is 15.9 Å². The standard InChI is InChI=1S/C16H13F8N5O2.C14H9F8N5O.C2H5BrO.Na.H/c1-8-5-29-12(31)10(11(15(19,20)21)26-13(29)28(8)2-3-30)9-4-25-27(6-9)7-14(17,18)16(22,23)24;1-6-3-27-10(28)8(9(13(17,18)19)25-11(27)24-6)7-2-23-26(4-7)5-12(15,16)14(20,21)22;3-1-2-4;;/h4-6,30H,2-3,7H2,1H3;2-4H,5H2,1H3,(H,24,25);4H,1-2H2;;/q;;;+1;-1. The minimum atomic E-state index is -5.90. The van der Waals surface area contributed by atoms with Crippen molar-refractivity contribution < 1.29 is 111 Å². The summed E-state index contributed by atoms with van der Waals surface area (Å²) in [4.78, 5) is 34.6. The molecule has 0 saturated heterocycles. The fourth-order valence-corrected chi connectivity index (χ4v) is 5.44. The van der Waals surface area contributed by atoms with Crippen LogP contribution in [0.2, 0.25) is 0 Å². The van der Waals surface area contributed by atoms with Crippen LogP contribution < -0.4 is 40.7 Å². The number of aliphatic hydroxyl groups excluding tert-OH is 2. The summed E-state index contributed by atoms with van der Waals surface area (Å²) in [6, 6.07) is 0. The molecule has 32 heteroatoms. The molecule has 64 heavy (non-hydrogen) atoms. The Hall–Kier alpha value is -4.46. The van der Waals surface area contributed by atoms with E-state index >= 15 is 0 Å². The molecule has 0 aliphatic carbocycles. The summed E-state index contributed by atoms with van der Waals surface area (Å²) >= 11 is 3.00. The SMILES string of the molecule is Cc1cn2c(=O)c(-c3cnn(CC(F)(F)C(F)(F)F)c3)c(C(F)(F)F)nc2[nH]1.Cc1cn2c(=O)c(-c3cnn(CC(F)(F)C(F)(F)F)c3)c(C(F)(F)F)nc2n1CCO.OCCBr.[H-].[Na+]. The van der Waals surface area contributed by atoms with Crippen LogP contribution in [0, 0.1) is 13.8 Å². The van der Waals surface area contributed by atoms with E-state index in [2.05, 4.69) is 41.1 Å². The number of imidazole rings is 2. The molecular weight excluding hydrogens is 995 g/mol. The maximum Gasteiger partial charge on any atom is 1.00 e. The second kappa shape index (κ2) is 19.6. The van der Waals surface area contributed by atoms with Crippen molar-refractivity contribution in [3.8, 4) is 22.3 Å². The molecule has 0 unspecified atom stereocenters. The van der Waals surface area contributed by atoms with Crippen LogP contribution in [0.1, 0.15) is 24.2 Å². The molecule has 6 heterocycles. The van der Waals surface area contributed by atoms with Crippen LogP contribution in [0.15, 0.2) is 46.8 Å². The van der Waals surface area contributed by atoms with E-state index in [4.69, 9.17) is 10.2 Å². The molecule has 0 aliphatic rings. The Morgan fingerprint density at radius 1 is 0.656 bits per heavy atom. The number of hydrogen-bond donors (Lipinski definition) is 3. The van der Waals surface area contributed by atoms with Crippen molar-refractivity contribution in [1.29, 1.82) is 0 Å². The minimum Gasteiger partial charge on any atom is -1.00 e. The monoisotopic (exact) mass is 1020 g/mol. The predicted octanol–water partition coefficient (Wildman–Crippen LogP) is 3.78. The van der Waals surface area contributed by atoms with Crippen molar-refractivity contribution >= 4 is 27.5 Å². The summed E-state index contributed by atoms with van der Waals surface area (Å²) in [6.07, 6.45) is -17.6. The molecule has 0 spiro atoms. The van der Waals surface area contributed by atoms with Crippen LogP contribution in [0.5, 0.6) is 0 Å². The largest absolute Gasteiger partial charge is 1.00 e. The van der Waals surface area contributed by atoms with Crippen LogP contribution in [0.4, 0.5) is 70.2 Å². The zero-order chi connectivity index (χ0) is 47.8. The molecule has 6 rings (SSSR count). The number of nitrogens with one attached hydrogen (secondary N) is 1. The molecule has 6 aromatic rings. The van der Waals surface area contributed by atoms with Crippen LogP contribution in [0.3, 0.4) is 0 Å². The van der Waals surface area contributed by atoms with Crippen molar-refractivity contribution in [2.24, 2.45) is 0 Å². The van der Waals surface area contributed by atoms with Gasteiger partial charge in [0, 0.05) is 59.2 Å². The van der Waals surface area contributed by atoms with Crippen molar-refractivity contribution in [1.82, 2.24) is 47.9 Å². The third-order valence-corrected chi connectivity index (χ3v) is 8.52. The number of rotatable bonds is 9. The Morgan fingerprint density at radius 3 is 1.47 bits per heavy atom. The van der Waals surface area contributed by atoms with Gasteiger partial charge in [-0.15, -0.1) is 0 Å². The molecule has 0 saturated carbocycles. The molecular formula is C32H28BrF16N10NaO4. The predicted molar refractivity (Wildman–Crippen MR) is 188 cm³/mol. The Labute approximate surface area is 377 Å². The number of aromatic nitrogens is 10. The topological polar surface area (TPSA) is 166 Å². The van der Waals surface area contributed by atoms with Gasteiger partial charge in [-0.05, 0) is 13.8 Å². The number of H-pyrrole nitrogens is 1. The van der Waals surface area contributed by atoms with Crippen LogP contribution in [0.25, 0.3) is 33.8 Å². The van der Waals surface area contributed by atoms with Gasteiger partial charge in [0.25, 0.3) is 11.1 Å². The molecule has 0 fully saturated rings. The molecule has 14 nitrogen and oxygen atoms in total. The van der Waals surface area contributed by atoms with Crippen molar-refractivity contribution in [2.75, 3.05) is 18.5 Å². The molecule has 0 amide bonds. The summed E-state index contributed by atoms with van der Waals surface area (Å²) < 4.78 is 211. The van der Waals surface area contributed by atoms with Gasteiger partial charge in [-0.3, -0.25) is 27.8 Å². The quantitative estimate of drug-likeness (QED) is 0.112. The maximum atomic E-state index is 13.6. The van der Waals surface area contributed by atoms with Crippen LogP contribution in [-0.2, 0) is 32.0 Å². The van der Waals surface area contributed by atoms with Gasteiger partial charge in [0.2, 0.25) is 11.6 Å². The number of aryl methyl sites for hydroxylation is 2. The fraction of sp³-hybridized carbons (Fsp3) is 0.438. The van der Waals surface area contributed by atoms with Gasteiger partial charge in [-0.1, -0.05) is 15.9 Å². The van der Waals surface area contributed by atoms with E-state index in [1.165, 1.54) is 13.8 Å². The van der Waals surface area contributed by atoms with Gasteiger partial charge in [-0.2, -0.15) is 80.4 Å². The maximum absolute atomic E-state index is 13.6. The first-order valence-corrected chi connectivity index (χ1v) is 18.0. The second-order valence-corrected chi connectivity index (χ2v) is 13.7. The average molecular weight is 1020 g/mol. The van der Waals surface area contributed by atoms with E-state index in [1.54, 1.807) is 0 Å². The molecule has 6 aromatic heterocycles. The second-order valence-electron chi connectivity index (χ2n) is 12.9. The van der Waals surface area contributed by atoms with Gasteiger partial charge < -0.3 is 21.2 Å². The van der Waals surface area contributed by atoms with Crippen molar-refractivity contribution in [2.45, 2.75) is 70.0 Å². The summed E-state index contributed by atoms with van der Waals surface area (Å²) in [5.41, 5.74) is -8.43. The first kappa shape index (κ1) is 53.9. The van der Waals surface area contributed by atoms with E-state index in [0.717, 1.165) is 25.8 Å². The summed E-state index contributed by atoms with van der Waals surface area (Å²) in [6.45, 7) is -1.41. The first-order valence-electron chi connectivity index (χ1n) is 16.9. The molecule has 0 bridgehead atoms. The van der Waals surface area contributed by atoms with Crippen LogP contribution in [-0.4, -0.2) is 101 Å². The Bertz CT molecular complexity index is 2680. The normalized spacial score (nSPS) is 12.8. The number of halogens is 17. The molecule has 0 atom stereocenters. The molecule has 0 aromatic carbocycles. The number of aromatic amines is 1. The van der Waals surface area contributed by atoms with Gasteiger partial charge in [0.1, 0.15) is 13.1 Å².